The summed E-state index contributed by atoms with van der Waals surface area (Å²) in [4.78, 5) is 27.1. The molecule has 1 unspecified atom stereocenters. The third-order valence-corrected chi connectivity index (χ3v) is 9.81. The van der Waals surface area contributed by atoms with Crippen molar-refractivity contribution >= 4 is 49.5 Å². The summed E-state index contributed by atoms with van der Waals surface area (Å²) < 4.78 is 18.9. The second-order valence-electron chi connectivity index (χ2n) is 11.0. The van der Waals surface area contributed by atoms with Crippen LogP contribution in [0.5, 0.6) is 0 Å². The van der Waals surface area contributed by atoms with Gasteiger partial charge in [-0.15, -0.1) is 0 Å². The van der Waals surface area contributed by atoms with Gasteiger partial charge in [-0.2, -0.15) is 0 Å². The van der Waals surface area contributed by atoms with Gasteiger partial charge < -0.3 is 23.7 Å². The van der Waals surface area contributed by atoms with E-state index in [0.29, 0.717) is 32.1 Å². The van der Waals surface area contributed by atoms with E-state index in [1.165, 1.54) is 0 Å². The fraction of sp³-hybridized carbons (Fsp3) is 0.667. The number of carbonyl (C=O) groups excluding carboxylic acids is 2. The maximum absolute atomic E-state index is 13.6. The number of hydrogen-bond acceptors (Lipinski definition) is 5. The average Bonchev–Trinajstić information content (AvgIpc) is 3.08. The van der Waals surface area contributed by atoms with Crippen molar-refractivity contribution in [2.75, 3.05) is 33.1 Å². The van der Waals surface area contributed by atoms with Crippen LogP contribution in [-0.2, 0) is 25.7 Å². The Labute approximate surface area is 215 Å². The van der Waals surface area contributed by atoms with Crippen LogP contribution in [0.1, 0.15) is 23.0 Å². The van der Waals surface area contributed by atoms with E-state index < -0.39 is 21.0 Å². The first-order valence-corrected chi connectivity index (χ1v) is 20.3. The molecule has 1 atom stereocenters. The van der Waals surface area contributed by atoms with Gasteiger partial charge in [-0.1, -0.05) is 61.3 Å². The number of alkyl halides is 1. The molecule has 0 fully saturated rings. The summed E-state index contributed by atoms with van der Waals surface area (Å²) >= 11 is 3.50. The smallest absolute Gasteiger partial charge is 0.324 e. The van der Waals surface area contributed by atoms with Crippen LogP contribution in [0.3, 0.4) is 0 Å². The minimum atomic E-state index is -1.22. The van der Waals surface area contributed by atoms with Crippen molar-refractivity contribution < 1.29 is 23.8 Å². The second-order valence-corrected chi connectivity index (χ2v) is 23.2. The van der Waals surface area contributed by atoms with Crippen molar-refractivity contribution in [1.82, 2.24) is 9.47 Å². The minimum absolute atomic E-state index is 0.128. The standard InChI is InChI=1S/C24H41BrN2O5Si2/c1-8-32-24(29)21(25)19-9-12-27(18-31-14-16-34(5,6)7)23(28)22-20(19)10-11-26(22)17-30-13-15-33(2,3)4/h9-11,21H,8,12-18H2,1-7H3. The highest BCUT2D eigenvalue weighted by Crippen LogP contribution is 2.32. The number of ether oxygens (including phenoxy) is 3. The molecule has 10 heteroatoms. The van der Waals surface area contributed by atoms with Gasteiger partial charge in [0.05, 0.1) is 6.61 Å². The average molecular weight is 574 g/mol. The van der Waals surface area contributed by atoms with Crippen LogP contribution in [-0.4, -0.2) is 75.4 Å². The summed E-state index contributed by atoms with van der Waals surface area (Å²) in [6.07, 6.45) is 3.77. The molecule has 2 rings (SSSR count). The van der Waals surface area contributed by atoms with Crippen molar-refractivity contribution in [3.8, 4) is 0 Å². The molecule has 0 N–H and O–H groups in total. The summed E-state index contributed by atoms with van der Waals surface area (Å²) in [6.45, 7) is 18.0. The van der Waals surface area contributed by atoms with Crippen LogP contribution in [0.4, 0.5) is 0 Å². The van der Waals surface area contributed by atoms with Crippen molar-refractivity contribution in [1.29, 1.82) is 0 Å². The SMILES string of the molecule is CCOC(=O)C(Br)C1=CCN(COCC[Si](C)(C)C)C(=O)c2c1ccn2COCC[Si](C)(C)C. The van der Waals surface area contributed by atoms with Gasteiger partial charge in [0.25, 0.3) is 5.91 Å². The Morgan fingerprint density at radius 3 is 2.21 bits per heavy atom. The molecule has 34 heavy (non-hydrogen) atoms. The topological polar surface area (TPSA) is 70.0 Å². The number of fused-ring (bicyclic) bond motifs is 1. The van der Waals surface area contributed by atoms with Crippen LogP contribution < -0.4 is 0 Å². The predicted molar refractivity (Wildman–Crippen MR) is 146 cm³/mol. The third kappa shape index (κ3) is 8.78. The van der Waals surface area contributed by atoms with E-state index in [0.717, 1.165) is 23.2 Å². The number of hydrogen-bond donors (Lipinski definition) is 0. The number of amides is 1. The van der Waals surface area contributed by atoms with Crippen LogP contribution in [0.2, 0.25) is 51.4 Å². The van der Waals surface area contributed by atoms with Crippen molar-refractivity contribution in [3.05, 3.63) is 29.6 Å². The fourth-order valence-electron chi connectivity index (χ4n) is 3.39. The highest BCUT2D eigenvalue weighted by atomic mass is 79.9. The number of carbonyl (C=O) groups is 2. The Morgan fingerprint density at radius 1 is 1.06 bits per heavy atom. The molecule has 0 aliphatic carbocycles. The second kappa shape index (κ2) is 12.7. The molecular formula is C24H41BrN2O5Si2. The minimum Gasteiger partial charge on any atom is -0.465 e. The first kappa shape index (κ1) is 29.0. The molecule has 0 spiro atoms. The Morgan fingerprint density at radius 2 is 1.65 bits per heavy atom. The summed E-state index contributed by atoms with van der Waals surface area (Å²) in [6, 6.07) is 3.97. The number of rotatable bonds is 13. The molecule has 0 saturated heterocycles. The molecule has 0 bridgehead atoms. The van der Waals surface area contributed by atoms with E-state index in [4.69, 9.17) is 14.2 Å². The Kier molecular flexibility index (Phi) is 10.8. The summed E-state index contributed by atoms with van der Waals surface area (Å²) in [5.41, 5.74) is 1.96. The van der Waals surface area contributed by atoms with E-state index in [2.05, 4.69) is 55.2 Å². The lowest BCUT2D eigenvalue weighted by atomic mass is 10.0. The van der Waals surface area contributed by atoms with E-state index in [-0.39, 0.29) is 25.3 Å². The zero-order valence-electron chi connectivity index (χ0n) is 21.8. The molecule has 7 nitrogen and oxygen atoms in total. The lowest BCUT2D eigenvalue weighted by Gasteiger charge is -2.23. The number of nitrogens with zero attached hydrogens (tertiary/aromatic N) is 2. The Balaban J connectivity index is 2.25. The van der Waals surface area contributed by atoms with Gasteiger partial charge in [0.1, 0.15) is 24.0 Å². The first-order valence-electron chi connectivity index (χ1n) is 12.0. The van der Waals surface area contributed by atoms with Crippen LogP contribution in [0.15, 0.2) is 18.3 Å². The predicted octanol–water partition coefficient (Wildman–Crippen LogP) is 5.28. The van der Waals surface area contributed by atoms with E-state index in [1.54, 1.807) is 11.8 Å². The Bertz CT molecular complexity index is 874. The molecule has 1 aromatic heterocycles. The van der Waals surface area contributed by atoms with Gasteiger partial charge >= 0.3 is 5.97 Å². The zero-order chi connectivity index (χ0) is 25.5. The maximum atomic E-state index is 13.6. The molecule has 2 heterocycles. The highest BCUT2D eigenvalue weighted by molar-refractivity contribution is 9.10. The molecule has 1 aromatic rings. The van der Waals surface area contributed by atoms with Crippen LogP contribution in [0, 0.1) is 0 Å². The molecule has 1 aliphatic rings. The van der Waals surface area contributed by atoms with Crippen molar-refractivity contribution in [2.45, 2.75) is 69.9 Å². The molecule has 0 radical (unpaired) electrons. The zero-order valence-corrected chi connectivity index (χ0v) is 25.4. The van der Waals surface area contributed by atoms with Crippen LogP contribution >= 0.6 is 15.9 Å². The number of aromatic nitrogens is 1. The highest BCUT2D eigenvalue weighted by Gasteiger charge is 2.32. The van der Waals surface area contributed by atoms with Gasteiger partial charge in [0, 0.05) is 47.7 Å². The molecule has 1 aliphatic heterocycles. The summed E-state index contributed by atoms with van der Waals surface area (Å²) in [5, 5.41) is 0. The van der Waals surface area contributed by atoms with Crippen molar-refractivity contribution in [2.24, 2.45) is 0 Å². The largest absolute Gasteiger partial charge is 0.465 e. The number of esters is 1. The summed E-state index contributed by atoms with van der Waals surface area (Å²) in [5.74, 6) is -0.497. The lowest BCUT2D eigenvalue weighted by Crippen LogP contribution is -2.35. The van der Waals surface area contributed by atoms with E-state index in [1.807, 2.05) is 22.9 Å². The fourth-order valence-corrected chi connectivity index (χ4v) is 5.47. The van der Waals surface area contributed by atoms with Gasteiger partial charge in [-0.3, -0.25) is 9.59 Å². The van der Waals surface area contributed by atoms with E-state index >= 15 is 0 Å². The first-order chi connectivity index (χ1) is 15.8. The van der Waals surface area contributed by atoms with Crippen LogP contribution in [0.25, 0.3) is 5.57 Å². The van der Waals surface area contributed by atoms with E-state index in [9.17, 15) is 9.59 Å². The van der Waals surface area contributed by atoms with Gasteiger partial charge in [0.2, 0.25) is 0 Å². The Hall–Kier alpha value is -1.21. The third-order valence-electron chi connectivity index (χ3n) is 5.53. The quantitative estimate of drug-likeness (QED) is 0.139. The van der Waals surface area contributed by atoms with Gasteiger partial charge in [-0.05, 0) is 30.7 Å². The number of halogens is 1. The maximum Gasteiger partial charge on any atom is 0.324 e. The molecular weight excluding hydrogens is 532 g/mol. The summed E-state index contributed by atoms with van der Waals surface area (Å²) in [7, 11) is -2.43. The molecule has 1 amide bonds. The molecule has 192 valence electrons. The van der Waals surface area contributed by atoms with Gasteiger partial charge in [-0.25, -0.2) is 0 Å². The normalized spacial score (nSPS) is 15.6. The van der Waals surface area contributed by atoms with Gasteiger partial charge in [0.15, 0.2) is 0 Å². The monoisotopic (exact) mass is 572 g/mol. The molecule has 0 saturated carbocycles. The molecule has 0 aromatic carbocycles. The van der Waals surface area contributed by atoms with Crippen molar-refractivity contribution in [3.63, 3.8) is 0 Å². The lowest BCUT2D eigenvalue weighted by molar-refractivity contribution is -0.141.